The van der Waals surface area contributed by atoms with Gasteiger partial charge in [0, 0.05) is 43.4 Å². The van der Waals surface area contributed by atoms with Gasteiger partial charge in [-0.25, -0.2) is 0 Å². The van der Waals surface area contributed by atoms with Crippen molar-refractivity contribution < 1.29 is 19.2 Å². The molecule has 2 unspecified atom stereocenters. The van der Waals surface area contributed by atoms with Gasteiger partial charge in [0.25, 0.3) is 23.6 Å². The molecule has 2 atom stereocenters. The predicted molar refractivity (Wildman–Crippen MR) is 246 cm³/mol. The Balaban J connectivity index is 1.10. The molecule has 308 valence electrons. The molecule has 0 N–H and O–H groups in total. The zero-order valence-corrected chi connectivity index (χ0v) is 37.3. The van der Waals surface area contributed by atoms with Gasteiger partial charge >= 0.3 is 0 Å². The number of carbonyl (C=O) groups is 4. The van der Waals surface area contributed by atoms with Crippen molar-refractivity contribution in [2.75, 3.05) is 13.1 Å². The van der Waals surface area contributed by atoms with E-state index in [1.807, 2.05) is 48.5 Å². The predicted octanol–water partition coefficient (Wildman–Crippen LogP) is 13.1. The monoisotopic (exact) mass is 862 g/mol. The molecule has 2 aliphatic heterocycles. The van der Waals surface area contributed by atoms with Crippen LogP contribution in [0.5, 0.6) is 0 Å². The van der Waals surface area contributed by atoms with E-state index in [0.29, 0.717) is 46.5 Å². The van der Waals surface area contributed by atoms with Gasteiger partial charge in [0.2, 0.25) is 0 Å². The lowest BCUT2D eigenvalue weighted by Crippen LogP contribution is -2.34. The van der Waals surface area contributed by atoms with Crippen molar-refractivity contribution in [2.24, 2.45) is 11.8 Å². The minimum atomic E-state index is -0.236. The molecule has 5 heterocycles. The van der Waals surface area contributed by atoms with Gasteiger partial charge in [-0.1, -0.05) is 78.4 Å². The first-order valence-corrected chi connectivity index (χ1v) is 23.7. The second kappa shape index (κ2) is 17.7. The quantitative estimate of drug-likeness (QED) is 0.0893. The van der Waals surface area contributed by atoms with Crippen LogP contribution in [-0.2, 0) is 0 Å². The summed E-state index contributed by atoms with van der Waals surface area (Å²) in [4.78, 5) is 62.6. The SMILES string of the molecule is CCCCC(CC)CN1C(=O)c2ccc(-c3ccc(-c4sc(-c5ccc(-c6ccc7c(c6)C(=O)N(CC(CC)CCCC)C7=O)s5)c5cc(C#N)c(C#N)cc45)s3)cc2C1=O. The highest BCUT2D eigenvalue weighted by molar-refractivity contribution is 7.29. The van der Waals surface area contributed by atoms with Crippen molar-refractivity contribution in [3.63, 3.8) is 0 Å². The number of thiophene rings is 3. The Labute approximate surface area is 368 Å². The van der Waals surface area contributed by atoms with Crippen molar-refractivity contribution in [3.05, 3.63) is 106 Å². The number of amides is 4. The van der Waals surface area contributed by atoms with Crippen LogP contribution in [0, 0.1) is 34.5 Å². The van der Waals surface area contributed by atoms with Gasteiger partial charge in [-0.2, -0.15) is 10.5 Å². The average Bonchev–Trinajstić information content (AvgIpc) is 4.12. The highest BCUT2D eigenvalue weighted by Crippen LogP contribution is 2.50. The molecular formula is C50H46N4O4S3. The molecular weight excluding hydrogens is 817 g/mol. The van der Waals surface area contributed by atoms with Crippen LogP contribution in [0.15, 0.2) is 72.8 Å². The van der Waals surface area contributed by atoms with Crippen molar-refractivity contribution in [2.45, 2.75) is 79.1 Å². The Kier molecular flexibility index (Phi) is 12.2. The fourth-order valence-corrected chi connectivity index (χ4v) is 12.1. The molecule has 2 aliphatic rings. The van der Waals surface area contributed by atoms with Crippen LogP contribution in [0.3, 0.4) is 0 Å². The van der Waals surface area contributed by atoms with Gasteiger partial charge < -0.3 is 0 Å². The van der Waals surface area contributed by atoms with E-state index in [4.69, 9.17) is 0 Å². The first kappa shape index (κ1) is 42.0. The first-order valence-electron chi connectivity index (χ1n) is 21.2. The summed E-state index contributed by atoms with van der Waals surface area (Å²) in [5.74, 6) is -0.366. The van der Waals surface area contributed by atoms with Crippen molar-refractivity contribution in [1.29, 1.82) is 10.5 Å². The number of rotatable bonds is 16. The normalized spacial score (nSPS) is 14.5. The number of nitrogens with zero attached hydrogens (tertiary/aromatic N) is 4. The first-order chi connectivity index (χ1) is 29.6. The zero-order chi connectivity index (χ0) is 42.9. The maximum Gasteiger partial charge on any atom is 0.261 e. The Hall–Kier alpha value is -5.72. The van der Waals surface area contributed by atoms with E-state index < -0.39 is 0 Å². The Morgan fingerprint density at radius 3 is 1.28 bits per heavy atom. The van der Waals surface area contributed by atoms with Gasteiger partial charge in [0.1, 0.15) is 12.1 Å². The summed E-state index contributed by atoms with van der Waals surface area (Å²) in [6, 6.07) is 27.2. The second-order valence-electron chi connectivity index (χ2n) is 16.1. The van der Waals surface area contributed by atoms with E-state index in [1.54, 1.807) is 58.3 Å². The van der Waals surface area contributed by atoms with E-state index in [1.165, 1.54) is 9.80 Å². The molecule has 0 spiro atoms. The number of hydrogen-bond acceptors (Lipinski definition) is 9. The van der Waals surface area contributed by atoms with Gasteiger partial charge in [0.05, 0.1) is 43.1 Å². The average molecular weight is 863 g/mol. The Morgan fingerprint density at radius 2 is 0.902 bits per heavy atom. The van der Waals surface area contributed by atoms with E-state index in [9.17, 15) is 29.7 Å². The molecule has 0 saturated heterocycles. The third kappa shape index (κ3) is 7.76. The molecule has 3 aromatic heterocycles. The topological polar surface area (TPSA) is 122 Å². The summed E-state index contributed by atoms with van der Waals surface area (Å²) in [7, 11) is 0. The standard InChI is InChI=1S/C50H46N4O4S3/c1-5-9-11-29(7-3)27-53-47(55)35-15-13-31(21-39(35)49(53)57)41-17-19-43(59-41)45-37-23-33(25-51)34(26-52)24-38(37)46(61-45)44-20-18-42(60-44)32-14-16-36-40(22-32)50(58)54(48(36)56)28-30(8-4)12-10-6-2/h13-24,29-30H,5-12,27-28H2,1-4H3. The number of unbranched alkanes of at least 4 members (excludes halogenated alkanes) is 2. The number of hydrogen-bond donors (Lipinski definition) is 0. The van der Waals surface area contributed by atoms with Crippen LogP contribution in [0.25, 0.3) is 51.2 Å². The molecule has 4 amide bonds. The molecule has 8 nitrogen and oxygen atoms in total. The van der Waals surface area contributed by atoms with Crippen LogP contribution in [0.1, 0.15) is 132 Å². The summed E-state index contributed by atoms with van der Waals surface area (Å²) in [5, 5.41) is 21.8. The van der Waals surface area contributed by atoms with E-state index >= 15 is 0 Å². The van der Waals surface area contributed by atoms with Crippen LogP contribution < -0.4 is 0 Å². The summed E-state index contributed by atoms with van der Waals surface area (Å²) in [5.41, 5.74) is 4.08. The molecule has 0 bridgehead atoms. The molecule has 0 radical (unpaired) electrons. The fraction of sp³-hybridized carbons (Fsp3) is 0.320. The molecule has 8 rings (SSSR count). The number of benzene rings is 3. The van der Waals surface area contributed by atoms with E-state index in [2.05, 4.69) is 39.8 Å². The fourth-order valence-electron chi connectivity index (χ4n) is 8.54. The molecule has 61 heavy (non-hydrogen) atoms. The van der Waals surface area contributed by atoms with Crippen molar-refractivity contribution in [1.82, 2.24) is 9.80 Å². The largest absolute Gasteiger partial charge is 0.274 e. The van der Waals surface area contributed by atoms with Crippen LogP contribution in [-0.4, -0.2) is 46.5 Å². The van der Waals surface area contributed by atoms with E-state index in [0.717, 1.165) is 103 Å². The van der Waals surface area contributed by atoms with E-state index in [-0.39, 0.29) is 35.5 Å². The highest BCUT2D eigenvalue weighted by atomic mass is 32.1. The molecule has 0 fully saturated rings. The lowest BCUT2D eigenvalue weighted by Gasteiger charge is -2.21. The molecule has 3 aromatic carbocycles. The summed E-state index contributed by atoms with van der Waals surface area (Å²) < 4.78 is 0. The smallest absolute Gasteiger partial charge is 0.261 e. The Bertz CT molecular complexity index is 2630. The second-order valence-corrected chi connectivity index (χ2v) is 19.2. The maximum atomic E-state index is 13.6. The van der Waals surface area contributed by atoms with Crippen molar-refractivity contribution >= 4 is 68.4 Å². The molecule has 0 saturated carbocycles. The highest BCUT2D eigenvalue weighted by Gasteiger charge is 2.38. The molecule has 0 aliphatic carbocycles. The zero-order valence-electron chi connectivity index (χ0n) is 34.8. The van der Waals surface area contributed by atoms with Gasteiger partial charge in [-0.05, 0) is 96.5 Å². The third-order valence-corrected chi connectivity index (χ3v) is 16.1. The summed E-state index contributed by atoms with van der Waals surface area (Å²) >= 11 is 4.74. The number of nitriles is 2. The van der Waals surface area contributed by atoms with Crippen molar-refractivity contribution in [3.8, 4) is 52.5 Å². The minimum Gasteiger partial charge on any atom is -0.274 e. The number of carbonyl (C=O) groups excluding carboxylic acids is 4. The lowest BCUT2D eigenvalue weighted by molar-refractivity contribution is 0.0609. The lowest BCUT2D eigenvalue weighted by atomic mass is 9.99. The maximum absolute atomic E-state index is 13.6. The van der Waals surface area contributed by atoms with Crippen LogP contribution in [0.2, 0.25) is 0 Å². The minimum absolute atomic E-state index is 0.225. The third-order valence-electron chi connectivity index (χ3n) is 12.2. The van der Waals surface area contributed by atoms with Gasteiger partial charge in [0.15, 0.2) is 0 Å². The number of fused-ring (bicyclic) bond motifs is 3. The molecule has 11 heteroatoms. The van der Waals surface area contributed by atoms with Crippen LogP contribution in [0.4, 0.5) is 0 Å². The summed E-state index contributed by atoms with van der Waals surface area (Å²) in [6.45, 7) is 9.39. The van der Waals surface area contributed by atoms with Crippen LogP contribution >= 0.6 is 34.0 Å². The van der Waals surface area contributed by atoms with Gasteiger partial charge in [-0.15, -0.1) is 34.0 Å². The summed E-state index contributed by atoms with van der Waals surface area (Å²) in [6.07, 6.45) is 8.09. The number of imide groups is 2. The van der Waals surface area contributed by atoms with Gasteiger partial charge in [-0.3, -0.25) is 29.0 Å². The Morgan fingerprint density at radius 1 is 0.508 bits per heavy atom. The molecule has 6 aromatic rings.